The first kappa shape index (κ1) is 43.0. The third-order valence-electron chi connectivity index (χ3n) is 0. The summed E-state index contributed by atoms with van der Waals surface area (Å²) in [6, 6.07) is 0. The first-order chi connectivity index (χ1) is 6.00. The molecule has 0 aliphatic carbocycles. The third-order valence-corrected chi connectivity index (χ3v) is 0. The molecule has 19 heteroatoms. The van der Waals surface area contributed by atoms with Crippen molar-refractivity contribution in [2.45, 2.75) is 0 Å². The average Bonchev–Trinajstić information content (AvgIpc) is 1.41. The Kier molecular flexibility index (Phi) is 41.8. The van der Waals surface area contributed by atoms with E-state index in [4.69, 9.17) is 57.7 Å². The van der Waals surface area contributed by atoms with Crippen molar-refractivity contribution in [2.75, 3.05) is 0 Å². The first-order valence-corrected chi connectivity index (χ1v) is 6.57. The standard InChI is InChI=1S/Al.3Cu.3H3O4P/c;;;;3*1-5(2,3)4/h;;;;3*(H3,1,2,3,4)/q+3;3*+2;;;/p-9. The normalized spacial score (nSPS) is 9.32. The Morgan fingerprint density at radius 2 is 0.421 bits per heavy atom. The molecule has 0 aromatic rings. The van der Waals surface area contributed by atoms with E-state index < -0.39 is 23.5 Å². The topological polar surface area (TPSA) is 259 Å². The molecule has 0 spiro atoms. The van der Waals surface area contributed by atoms with Crippen molar-refractivity contribution in [3.63, 3.8) is 0 Å². The summed E-state index contributed by atoms with van der Waals surface area (Å²) in [4.78, 5) is 76.9. The number of hydrogen-bond donors (Lipinski definition) is 0. The van der Waals surface area contributed by atoms with E-state index in [-0.39, 0.29) is 68.6 Å². The maximum Gasteiger partial charge on any atom is 3.00 e. The molecule has 0 aliphatic heterocycles. The molecule has 0 amide bonds. The third kappa shape index (κ3) is 1180. The Morgan fingerprint density at radius 1 is 0.421 bits per heavy atom. The van der Waals surface area contributed by atoms with Gasteiger partial charge in [0.05, 0.1) is 0 Å². The molecule has 0 bridgehead atoms. The van der Waals surface area contributed by atoms with Crippen LogP contribution in [0, 0.1) is 0 Å². The van der Waals surface area contributed by atoms with Crippen molar-refractivity contribution in [3.8, 4) is 0 Å². The van der Waals surface area contributed by atoms with Crippen molar-refractivity contribution >= 4 is 40.8 Å². The zero-order chi connectivity index (χ0) is 13.5. The van der Waals surface area contributed by atoms with Crippen LogP contribution in [0.25, 0.3) is 0 Å². The van der Waals surface area contributed by atoms with Crippen molar-refractivity contribution in [3.05, 3.63) is 0 Å². The second-order valence-electron chi connectivity index (χ2n) is 1.34. The summed E-state index contributed by atoms with van der Waals surface area (Å²) >= 11 is 0. The fraction of sp³-hybridized carbons (Fsp3) is 0. The van der Waals surface area contributed by atoms with E-state index in [9.17, 15) is 0 Å². The molecular weight excluding hydrogens is 503 g/mol. The van der Waals surface area contributed by atoms with Crippen LogP contribution in [0.1, 0.15) is 0 Å². The van der Waals surface area contributed by atoms with Crippen LogP contribution >= 0.6 is 23.5 Å². The van der Waals surface area contributed by atoms with Gasteiger partial charge in [-0.3, -0.25) is 0 Å². The van der Waals surface area contributed by atoms with Gasteiger partial charge < -0.3 is 57.7 Å². The molecule has 0 saturated heterocycles. The fourth-order valence-corrected chi connectivity index (χ4v) is 0. The largest absolute Gasteiger partial charge is 3.00 e. The van der Waals surface area contributed by atoms with Gasteiger partial charge in [-0.2, -0.15) is 23.5 Å². The van der Waals surface area contributed by atoms with Crippen LogP contribution in [0.3, 0.4) is 0 Å². The Balaban J connectivity index is -0.0000000206. The minimum Gasteiger partial charge on any atom is -0.822 e. The Hall–Kier alpha value is 2.42. The summed E-state index contributed by atoms with van der Waals surface area (Å²) in [6.07, 6.45) is 0. The number of phosphoric acid groups is 3. The van der Waals surface area contributed by atoms with Crippen molar-refractivity contribution in [2.24, 2.45) is 0 Å². The van der Waals surface area contributed by atoms with Gasteiger partial charge in [0, 0.05) is 0 Å². The average molecular weight is 503 g/mol. The molecule has 123 valence electrons. The van der Waals surface area contributed by atoms with Gasteiger partial charge in [0.15, 0.2) is 0 Å². The molecule has 0 fully saturated rings. The van der Waals surface area contributed by atoms with Gasteiger partial charge in [-0.25, -0.2) is 0 Å². The van der Waals surface area contributed by atoms with Gasteiger partial charge in [0.2, 0.25) is 0 Å². The summed E-state index contributed by atoms with van der Waals surface area (Å²) in [6.45, 7) is 0. The van der Waals surface area contributed by atoms with Crippen LogP contribution in [-0.2, 0) is 64.9 Å². The zero-order valence-electron chi connectivity index (χ0n) is 7.72. The van der Waals surface area contributed by atoms with Gasteiger partial charge in [-0.05, 0) is 0 Å². The molecule has 19 heavy (non-hydrogen) atoms. The molecule has 0 saturated carbocycles. The molecule has 0 N–H and O–H groups in total. The van der Waals surface area contributed by atoms with Crippen molar-refractivity contribution in [1.82, 2.24) is 0 Å². The van der Waals surface area contributed by atoms with Crippen LogP contribution in [0.5, 0.6) is 0 Å². The Morgan fingerprint density at radius 3 is 0.421 bits per heavy atom. The number of hydrogen-bond acceptors (Lipinski definition) is 12. The second kappa shape index (κ2) is 18.5. The molecule has 0 aromatic heterocycles. The maximum absolute atomic E-state index is 8.55. The molecule has 0 heterocycles. The SMILES string of the molecule is O=P([O-])([O-])[O-].O=P([O-])([O-])[O-].O=P([O-])([O-])[O-].[Al+3].[Cu+2].[Cu+2].[Cu+2]. The Bertz CT molecular complexity index is 214. The zero-order valence-corrected chi connectivity index (χ0v) is 14.4. The molecule has 0 aromatic carbocycles. The van der Waals surface area contributed by atoms with Gasteiger partial charge in [0.1, 0.15) is 0 Å². The smallest absolute Gasteiger partial charge is 0.822 e. The molecule has 0 atom stereocenters. The van der Waals surface area contributed by atoms with Crippen LogP contribution in [0.4, 0.5) is 0 Å². The summed E-state index contributed by atoms with van der Waals surface area (Å²) in [5, 5.41) is 0. The molecule has 0 aliphatic rings. The minimum absolute atomic E-state index is 0. The van der Waals surface area contributed by atoms with E-state index in [1.807, 2.05) is 0 Å². The van der Waals surface area contributed by atoms with E-state index in [0.717, 1.165) is 0 Å². The molecule has 0 rings (SSSR count). The minimum atomic E-state index is -5.39. The van der Waals surface area contributed by atoms with Gasteiger partial charge in [-0.15, -0.1) is 0 Å². The van der Waals surface area contributed by atoms with E-state index >= 15 is 0 Å². The fourth-order valence-electron chi connectivity index (χ4n) is 0. The van der Waals surface area contributed by atoms with E-state index in [1.54, 1.807) is 0 Å². The second-order valence-corrected chi connectivity index (χ2v) is 4.02. The van der Waals surface area contributed by atoms with Crippen molar-refractivity contribution in [1.29, 1.82) is 0 Å². The summed E-state index contributed by atoms with van der Waals surface area (Å²) in [5.41, 5.74) is 0. The number of rotatable bonds is 0. The quantitative estimate of drug-likeness (QED) is 0.221. The molecule has 0 unspecified atom stereocenters. The van der Waals surface area contributed by atoms with E-state index in [1.165, 1.54) is 0 Å². The molecule has 3 radical (unpaired) electrons. The molecular formula is AlCu3O12P3. The summed E-state index contributed by atoms with van der Waals surface area (Å²) < 4.78 is 25.6. The maximum atomic E-state index is 8.55. The Labute approximate surface area is 149 Å². The van der Waals surface area contributed by atoms with E-state index in [2.05, 4.69) is 0 Å². The van der Waals surface area contributed by atoms with Crippen LogP contribution in [0.2, 0.25) is 0 Å². The predicted molar refractivity (Wildman–Crippen MR) is 28.6 cm³/mol. The van der Waals surface area contributed by atoms with E-state index in [0.29, 0.717) is 0 Å². The van der Waals surface area contributed by atoms with Gasteiger partial charge in [-0.1, -0.05) is 0 Å². The van der Waals surface area contributed by atoms with Crippen LogP contribution in [0.15, 0.2) is 0 Å². The summed E-state index contributed by atoms with van der Waals surface area (Å²) in [5.74, 6) is 0. The van der Waals surface area contributed by atoms with Gasteiger partial charge >= 0.3 is 68.6 Å². The van der Waals surface area contributed by atoms with Crippen LogP contribution < -0.4 is 44.0 Å². The molecule has 12 nitrogen and oxygen atoms in total. The van der Waals surface area contributed by atoms with Gasteiger partial charge in [0.25, 0.3) is 0 Å². The monoisotopic (exact) mass is 501 g/mol. The predicted octanol–water partition coefficient (Wildman–Crippen LogP) is -8.86. The summed E-state index contributed by atoms with van der Waals surface area (Å²) in [7, 11) is -16.2. The van der Waals surface area contributed by atoms with Crippen LogP contribution in [-0.4, -0.2) is 17.4 Å². The van der Waals surface area contributed by atoms with Crippen molar-refractivity contribution < 1.29 is 109 Å². The first-order valence-electron chi connectivity index (χ1n) is 2.19.